The van der Waals surface area contributed by atoms with Crippen LogP contribution < -0.4 is 5.56 Å². The molecule has 0 atom stereocenters. The predicted molar refractivity (Wildman–Crippen MR) is 62.8 cm³/mol. The molecule has 0 amide bonds. The molecular weight excluding hydrogens is 242 g/mol. The van der Waals surface area contributed by atoms with Gasteiger partial charge in [-0.15, -0.1) is 0 Å². The fourth-order valence-corrected chi connectivity index (χ4v) is 1.69. The number of nitrogens with zero attached hydrogens (tertiary/aromatic N) is 3. The van der Waals surface area contributed by atoms with Gasteiger partial charge in [-0.1, -0.05) is 11.6 Å². The van der Waals surface area contributed by atoms with Gasteiger partial charge >= 0.3 is 0 Å². The lowest BCUT2D eigenvalue weighted by Crippen LogP contribution is -2.11. The highest BCUT2D eigenvalue weighted by Crippen LogP contribution is 2.17. The van der Waals surface area contributed by atoms with Crippen LogP contribution in [0.5, 0.6) is 0 Å². The van der Waals surface area contributed by atoms with Crippen molar-refractivity contribution >= 4 is 22.6 Å². The molecule has 2 N–H and O–H groups in total. The highest BCUT2D eigenvalue weighted by Gasteiger charge is 2.09. The maximum atomic E-state index is 11.6. The molecule has 0 saturated heterocycles. The molecule has 3 aromatic rings. The molecule has 0 aliphatic rings. The Morgan fingerprint density at radius 3 is 3.06 bits per heavy atom. The Kier molecular flexibility index (Phi) is 2.15. The van der Waals surface area contributed by atoms with E-state index in [0.717, 1.165) is 11.0 Å². The second kappa shape index (κ2) is 3.67. The summed E-state index contributed by atoms with van der Waals surface area (Å²) in [7, 11) is 0. The average Bonchev–Trinajstić information content (AvgIpc) is 2.75. The molecule has 0 radical (unpaired) electrons. The number of aromatic amines is 2. The van der Waals surface area contributed by atoms with Crippen molar-refractivity contribution in [2.24, 2.45) is 0 Å². The van der Waals surface area contributed by atoms with Gasteiger partial charge in [0.2, 0.25) is 0 Å². The number of imidazole rings is 1. The van der Waals surface area contributed by atoms with Crippen LogP contribution in [-0.4, -0.2) is 25.1 Å². The summed E-state index contributed by atoms with van der Waals surface area (Å²) in [6.45, 7) is 0. The minimum atomic E-state index is -0.346. The fraction of sp³-hybridized carbons (Fsp3) is 0. The standard InChI is InChI=1S/C10H6ClN5O/c11-8-3-5(10(17)16-15-8)9-13-6-1-2-12-4-7(6)14-9/h1-4H,(H,13,14)(H,16,17). The monoisotopic (exact) mass is 247 g/mol. The van der Waals surface area contributed by atoms with Gasteiger partial charge < -0.3 is 4.98 Å². The van der Waals surface area contributed by atoms with Crippen molar-refractivity contribution in [1.29, 1.82) is 0 Å². The maximum Gasteiger partial charge on any atom is 0.275 e. The number of aromatic nitrogens is 5. The number of pyridine rings is 1. The van der Waals surface area contributed by atoms with E-state index in [0.29, 0.717) is 11.4 Å². The highest BCUT2D eigenvalue weighted by atomic mass is 35.5. The van der Waals surface area contributed by atoms with Gasteiger partial charge in [-0.3, -0.25) is 9.78 Å². The fourth-order valence-electron chi connectivity index (χ4n) is 1.54. The Balaban J connectivity index is 2.27. The van der Waals surface area contributed by atoms with Crippen LogP contribution >= 0.6 is 11.6 Å². The summed E-state index contributed by atoms with van der Waals surface area (Å²) in [6.07, 6.45) is 3.28. The van der Waals surface area contributed by atoms with Gasteiger partial charge in [0.25, 0.3) is 5.56 Å². The summed E-state index contributed by atoms with van der Waals surface area (Å²) in [5.74, 6) is 0.443. The molecule has 7 heteroatoms. The number of rotatable bonds is 1. The minimum absolute atomic E-state index is 0.207. The van der Waals surface area contributed by atoms with Gasteiger partial charge in [0.1, 0.15) is 11.0 Å². The highest BCUT2D eigenvalue weighted by molar-refractivity contribution is 6.29. The Morgan fingerprint density at radius 2 is 2.24 bits per heavy atom. The van der Waals surface area contributed by atoms with Crippen LogP contribution in [0.4, 0.5) is 0 Å². The molecule has 3 aromatic heterocycles. The first-order chi connectivity index (χ1) is 8.24. The molecule has 0 spiro atoms. The average molecular weight is 248 g/mol. The molecule has 3 heterocycles. The van der Waals surface area contributed by atoms with Crippen LogP contribution in [0.1, 0.15) is 0 Å². The predicted octanol–water partition coefficient (Wildman–Crippen LogP) is 1.36. The number of hydrogen-bond donors (Lipinski definition) is 2. The zero-order valence-corrected chi connectivity index (χ0v) is 9.19. The van der Waals surface area contributed by atoms with Crippen LogP contribution in [0.3, 0.4) is 0 Å². The topological polar surface area (TPSA) is 87.3 Å². The van der Waals surface area contributed by atoms with Crippen LogP contribution in [-0.2, 0) is 0 Å². The summed E-state index contributed by atoms with van der Waals surface area (Å²) in [4.78, 5) is 22.8. The third kappa shape index (κ3) is 1.68. The first-order valence-corrected chi connectivity index (χ1v) is 5.17. The lowest BCUT2D eigenvalue weighted by molar-refractivity contribution is 0.987. The van der Waals surface area contributed by atoms with Crippen LogP contribution in [0, 0.1) is 0 Å². The third-order valence-corrected chi connectivity index (χ3v) is 2.50. The third-order valence-electron chi connectivity index (χ3n) is 2.31. The molecule has 84 valence electrons. The molecule has 0 fully saturated rings. The van der Waals surface area contributed by atoms with E-state index >= 15 is 0 Å². The van der Waals surface area contributed by atoms with Crippen molar-refractivity contribution in [3.63, 3.8) is 0 Å². The second-order valence-corrected chi connectivity index (χ2v) is 3.80. The van der Waals surface area contributed by atoms with E-state index in [1.807, 2.05) is 0 Å². The van der Waals surface area contributed by atoms with Crippen molar-refractivity contribution in [2.45, 2.75) is 0 Å². The Morgan fingerprint density at radius 1 is 1.35 bits per heavy atom. The minimum Gasteiger partial charge on any atom is -0.337 e. The van der Waals surface area contributed by atoms with E-state index in [9.17, 15) is 4.79 Å². The molecule has 6 nitrogen and oxygen atoms in total. The normalized spacial score (nSPS) is 10.9. The van der Waals surface area contributed by atoms with Gasteiger partial charge in [-0.2, -0.15) is 5.10 Å². The van der Waals surface area contributed by atoms with Crippen LogP contribution in [0.25, 0.3) is 22.4 Å². The molecule has 0 bridgehead atoms. The number of H-pyrrole nitrogens is 2. The first kappa shape index (κ1) is 9.98. The van der Waals surface area contributed by atoms with E-state index in [4.69, 9.17) is 11.6 Å². The second-order valence-electron chi connectivity index (χ2n) is 3.41. The van der Waals surface area contributed by atoms with Gasteiger partial charge in [0, 0.05) is 6.20 Å². The zero-order valence-electron chi connectivity index (χ0n) is 8.44. The Hall–Kier alpha value is -2.21. The number of nitrogens with one attached hydrogen (secondary N) is 2. The van der Waals surface area contributed by atoms with E-state index in [2.05, 4.69) is 25.1 Å². The number of halogens is 1. The van der Waals surface area contributed by atoms with Gasteiger partial charge in [0.15, 0.2) is 0 Å². The largest absolute Gasteiger partial charge is 0.337 e. The summed E-state index contributed by atoms with van der Waals surface area (Å²) in [5, 5.41) is 6.10. The Bertz CT molecular complexity index is 715. The van der Waals surface area contributed by atoms with E-state index < -0.39 is 0 Å². The van der Waals surface area contributed by atoms with Crippen molar-refractivity contribution < 1.29 is 0 Å². The molecule has 17 heavy (non-hydrogen) atoms. The van der Waals surface area contributed by atoms with E-state index in [-0.39, 0.29) is 10.7 Å². The zero-order chi connectivity index (χ0) is 11.8. The molecule has 0 aromatic carbocycles. The smallest absolute Gasteiger partial charge is 0.275 e. The van der Waals surface area contributed by atoms with E-state index in [1.165, 1.54) is 6.07 Å². The van der Waals surface area contributed by atoms with Gasteiger partial charge in [-0.05, 0) is 12.1 Å². The maximum absolute atomic E-state index is 11.6. The van der Waals surface area contributed by atoms with Crippen LogP contribution in [0.2, 0.25) is 5.15 Å². The molecule has 0 unspecified atom stereocenters. The van der Waals surface area contributed by atoms with Crippen molar-refractivity contribution in [3.8, 4) is 11.4 Å². The van der Waals surface area contributed by atoms with Crippen molar-refractivity contribution in [3.05, 3.63) is 40.0 Å². The molecule has 0 aliphatic carbocycles. The Labute approximate surface area is 99.7 Å². The molecule has 0 aliphatic heterocycles. The van der Waals surface area contributed by atoms with Crippen molar-refractivity contribution in [2.75, 3.05) is 0 Å². The van der Waals surface area contributed by atoms with Crippen molar-refractivity contribution in [1.82, 2.24) is 25.1 Å². The molecule has 0 saturated carbocycles. The molecular formula is C10H6ClN5O. The summed E-state index contributed by atoms with van der Waals surface area (Å²) >= 11 is 5.73. The lowest BCUT2D eigenvalue weighted by atomic mass is 10.3. The quantitative estimate of drug-likeness (QED) is 0.680. The number of fused-ring (bicyclic) bond motifs is 1. The van der Waals surface area contributed by atoms with E-state index in [1.54, 1.807) is 18.5 Å². The van der Waals surface area contributed by atoms with Gasteiger partial charge in [0.05, 0.1) is 22.8 Å². The lowest BCUT2D eigenvalue weighted by Gasteiger charge is -1.94. The first-order valence-electron chi connectivity index (χ1n) is 4.79. The summed E-state index contributed by atoms with van der Waals surface area (Å²) in [5.41, 5.74) is 1.50. The molecule has 3 rings (SSSR count). The summed E-state index contributed by atoms with van der Waals surface area (Å²) in [6, 6.07) is 3.22. The SMILES string of the molecule is O=c1[nH]nc(Cl)cc1-c1nc2ccncc2[nH]1. The number of hydrogen-bond acceptors (Lipinski definition) is 4. The summed E-state index contributed by atoms with van der Waals surface area (Å²) < 4.78 is 0. The van der Waals surface area contributed by atoms with Gasteiger partial charge in [-0.25, -0.2) is 10.1 Å². The van der Waals surface area contributed by atoms with Crippen LogP contribution in [0.15, 0.2) is 29.3 Å².